The van der Waals surface area contributed by atoms with E-state index in [1.165, 1.54) is 17.1 Å². The zero-order valence-electron chi connectivity index (χ0n) is 11.9. The van der Waals surface area contributed by atoms with Crippen LogP contribution in [-0.4, -0.2) is 20.9 Å². The molecule has 1 aromatic heterocycles. The molecule has 0 spiro atoms. The summed E-state index contributed by atoms with van der Waals surface area (Å²) in [5, 5.41) is 10.6. The van der Waals surface area contributed by atoms with Gasteiger partial charge in [0.25, 0.3) is 5.91 Å². The van der Waals surface area contributed by atoms with Gasteiger partial charge >= 0.3 is 0 Å². The van der Waals surface area contributed by atoms with Gasteiger partial charge in [0.1, 0.15) is 11.6 Å². The Balaban J connectivity index is 1.68. The number of halogens is 2. The van der Waals surface area contributed by atoms with Gasteiger partial charge in [-0.15, -0.1) is 5.10 Å². The number of aromatic nitrogens is 3. The average molecular weight is 314 g/mol. The van der Waals surface area contributed by atoms with Crippen LogP contribution in [0.5, 0.6) is 0 Å². The van der Waals surface area contributed by atoms with Crippen LogP contribution in [0.15, 0.2) is 54.7 Å². The molecule has 0 unspecified atom stereocenters. The number of hydrogen-bond donors (Lipinski definition) is 1. The summed E-state index contributed by atoms with van der Waals surface area (Å²) in [6.07, 6.45) is 1.32. The summed E-state index contributed by atoms with van der Waals surface area (Å²) in [6.45, 7) is -0.0663. The Morgan fingerprint density at radius 1 is 1.13 bits per heavy atom. The predicted octanol–water partition coefficient (Wildman–Crippen LogP) is 2.48. The van der Waals surface area contributed by atoms with Crippen LogP contribution in [0.1, 0.15) is 16.1 Å². The molecule has 3 rings (SSSR count). The van der Waals surface area contributed by atoms with E-state index in [4.69, 9.17) is 0 Å². The fourth-order valence-electron chi connectivity index (χ4n) is 1.98. The van der Waals surface area contributed by atoms with Crippen LogP contribution in [0.3, 0.4) is 0 Å². The van der Waals surface area contributed by atoms with Gasteiger partial charge in [0, 0.05) is 18.2 Å². The second-order valence-corrected chi connectivity index (χ2v) is 4.77. The first-order valence-electron chi connectivity index (χ1n) is 6.83. The highest BCUT2D eigenvalue weighted by Gasteiger charge is 2.12. The van der Waals surface area contributed by atoms with E-state index in [-0.39, 0.29) is 17.8 Å². The van der Waals surface area contributed by atoms with Gasteiger partial charge in [0.2, 0.25) is 0 Å². The van der Waals surface area contributed by atoms with E-state index in [2.05, 4.69) is 15.5 Å². The standard InChI is InChI=1S/C16H12F2N4O/c17-12-7-6-11(14(18)8-12)9-19-16(23)15-10-20-22(21-15)13-4-2-1-3-5-13/h1-8,10H,9H2,(H,19,23). The van der Waals surface area contributed by atoms with Crippen molar-refractivity contribution in [3.63, 3.8) is 0 Å². The van der Waals surface area contributed by atoms with Gasteiger partial charge in [0.15, 0.2) is 5.69 Å². The molecule has 1 amide bonds. The maximum Gasteiger partial charge on any atom is 0.273 e. The van der Waals surface area contributed by atoms with E-state index in [0.717, 1.165) is 17.8 Å². The Bertz CT molecular complexity index is 833. The van der Waals surface area contributed by atoms with Crippen molar-refractivity contribution in [2.45, 2.75) is 6.54 Å². The van der Waals surface area contributed by atoms with E-state index in [9.17, 15) is 13.6 Å². The highest BCUT2D eigenvalue weighted by Crippen LogP contribution is 2.09. The van der Waals surface area contributed by atoms with Crippen molar-refractivity contribution < 1.29 is 13.6 Å². The lowest BCUT2D eigenvalue weighted by Crippen LogP contribution is -2.24. The minimum Gasteiger partial charge on any atom is -0.346 e. The van der Waals surface area contributed by atoms with Crippen molar-refractivity contribution in [2.75, 3.05) is 0 Å². The SMILES string of the molecule is O=C(NCc1ccc(F)cc1F)c1cnn(-c2ccccc2)n1. The highest BCUT2D eigenvalue weighted by molar-refractivity contribution is 5.91. The van der Waals surface area contributed by atoms with E-state index < -0.39 is 17.5 Å². The van der Waals surface area contributed by atoms with Crippen LogP contribution < -0.4 is 5.32 Å². The van der Waals surface area contributed by atoms with Crippen molar-refractivity contribution in [3.05, 3.63) is 77.6 Å². The summed E-state index contributed by atoms with van der Waals surface area (Å²) in [4.78, 5) is 13.3. The molecule has 0 radical (unpaired) electrons. The molecule has 0 aliphatic heterocycles. The van der Waals surface area contributed by atoms with Crippen molar-refractivity contribution in [2.24, 2.45) is 0 Å². The molecule has 1 N–H and O–H groups in total. The van der Waals surface area contributed by atoms with Crippen LogP contribution in [0, 0.1) is 11.6 Å². The van der Waals surface area contributed by atoms with Gasteiger partial charge in [-0.05, 0) is 18.2 Å². The zero-order valence-corrected chi connectivity index (χ0v) is 11.9. The molecule has 0 bridgehead atoms. The number of carbonyl (C=O) groups excluding carboxylic acids is 1. The summed E-state index contributed by atoms with van der Waals surface area (Å²) in [7, 11) is 0. The number of amides is 1. The molecule has 5 nitrogen and oxygen atoms in total. The van der Waals surface area contributed by atoms with Crippen LogP contribution in [0.25, 0.3) is 5.69 Å². The number of para-hydroxylation sites is 1. The molecule has 23 heavy (non-hydrogen) atoms. The van der Waals surface area contributed by atoms with Gasteiger partial charge in [-0.1, -0.05) is 24.3 Å². The molecule has 0 atom stereocenters. The smallest absolute Gasteiger partial charge is 0.273 e. The second kappa shape index (κ2) is 6.35. The molecule has 3 aromatic rings. The number of nitrogens with zero attached hydrogens (tertiary/aromatic N) is 3. The molecule has 0 aliphatic rings. The van der Waals surface area contributed by atoms with Crippen LogP contribution in [0.4, 0.5) is 8.78 Å². The molecular formula is C16H12F2N4O. The quantitative estimate of drug-likeness (QED) is 0.805. The molecule has 116 valence electrons. The molecule has 7 heteroatoms. The lowest BCUT2D eigenvalue weighted by molar-refractivity contribution is 0.0945. The summed E-state index contributed by atoms with van der Waals surface area (Å²) >= 11 is 0. The molecule has 2 aromatic carbocycles. The number of benzene rings is 2. The fourth-order valence-corrected chi connectivity index (χ4v) is 1.98. The van der Waals surface area contributed by atoms with Gasteiger partial charge < -0.3 is 5.32 Å². The monoisotopic (exact) mass is 314 g/mol. The van der Waals surface area contributed by atoms with Gasteiger partial charge in [-0.25, -0.2) is 8.78 Å². The third-order valence-corrected chi connectivity index (χ3v) is 3.17. The number of hydrogen-bond acceptors (Lipinski definition) is 3. The Hall–Kier alpha value is -3.09. The minimum absolute atomic E-state index is 0.0663. The Morgan fingerprint density at radius 3 is 2.65 bits per heavy atom. The number of carbonyl (C=O) groups is 1. The van der Waals surface area contributed by atoms with Crippen LogP contribution >= 0.6 is 0 Å². The summed E-state index contributed by atoms with van der Waals surface area (Å²) < 4.78 is 26.3. The highest BCUT2D eigenvalue weighted by atomic mass is 19.1. The predicted molar refractivity (Wildman–Crippen MR) is 78.9 cm³/mol. The molecular weight excluding hydrogens is 302 g/mol. The third kappa shape index (κ3) is 3.39. The summed E-state index contributed by atoms with van der Waals surface area (Å²) in [5.41, 5.74) is 1.02. The van der Waals surface area contributed by atoms with E-state index >= 15 is 0 Å². The Labute approximate surface area is 130 Å². The Morgan fingerprint density at radius 2 is 1.91 bits per heavy atom. The molecule has 0 fully saturated rings. The molecule has 1 heterocycles. The van der Waals surface area contributed by atoms with Crippen LogP contribution in [0.2, 0.25) is 0 Å². The lowest BCUT2D eigenvalue weighted by Gasteiger charge is -2.04. The molecule has 0 aliphatic carbocycles. The van der Waals surface area contributed by atoms with Gasteiger partial charge in [0.05, 0.1) is 11.9 Å². The van der Waals surface area contributed by atoms with Gasteiger partial charge in [-0.2, -0.15) is 9.90 Å². The number of rotatable bonds is 4. The zero-order chi connectivity index (χ0) is 16.2. The largest absolute Gasteiger partial charge is 0.346 e. The average Bonchev–Trinajstić information content (AvgIpc) is 3.05. The van der Waals surface area contributed by atoms with Crippen molar-refractivity contribution in [1.82, 2.24) is 20.3 Å². The lowest BCUT2D eigenvalue weighted by atomic mass is 10.2. The maximum atomic E-state index is 13.5. The summed E-state index contributed by atoms with van der Waals surface area (Å²) in [5.74, 6) is -1.86. The molecule has 0 saturated carbocycles. The van der Waals surface area contributed by atoms with E-state index in [1.54, 1.807) is 12.1 Å². The van der Waals surface area contributed by atoms with E-state index in [0.29, 0.717) is 0 Å². The van der Waals surface area contributed by atoms with Gasteiger partial charge in [-0.3, -0.25) is 4.79 Å². The second-order valence-electron chi connectivity index (χ2n) is 4.77. The first-order chi connectivity index (χ1) is 11.1. The first kappa shape index (κ1) is 14.8. The van der Waals surface area contributed by atoms with E-state index in [1.807, 2.05) is 18.2 Å². The maximum absolute atomic E-state index is 13.5. The topological polar surface area (TPSA) is 59.8 Å². The fraction of sp³-hybridized carbons (Fsp3) is 0.0625. The normalized spacial score (nSPS) is 10.5. The Kier molecular flexibility index (Phi) is 4.09. The van der Waals surface area contributed by atoms with Crippen LogP contribution in [-0.2, 0) is 6.54 Å². The summed E-state index contributed by atoms with van der Waals surface area (Å²) in [6, 6.07) is 12.3. The van der Waals surface area contributed by atoms with Crippen molar-refractivity contribution >= 4 is 5.91 Å². The molecule has 0 saturated heterocycles. The van der Waals surface area contributed by atoms with Crippen molar-refractivity contribution in [1.29, 1.82) is 0 Å². The minimum atomic E-state index is -0.710. The first-order valence-corrected chi connectivity index (χ1v) is 6.83. The third-order valence-electron chi connectivity index (χ3n) is 3.17. The number of nitrogens with one attached hydrogen (secondary N) is 1. The van der Waals surface area contributed by atoms with Crippen molar-refractivity contribution in [3.8, 4) is 5.69 Å².